The molecule has 2 bridgehead atoms. The number of hydrogen-bond acceptors (Lipinski definition) is 4. The topological polar surface area (TPSA) is 55.6 Å². The molecule has 0 spiro atoms. The molecule has 2 aliphatic rings. The summed E-state index contributed by atoms with van der Waals surface area (Å²) in [5.74, 6) is -0.104. The van der Waals surface area contributed by atoms with Crippen LogP contribution in [0.2, 0.25) is 0 Å². The van der Waals surface area contributed by atoms with E-state index in [0.717, 1.165) is 24.1 Å². The smallest absolute Gasteiger partial charge is 0.316 e. The minimum Gasteiger partial charge on any atom is -0.468 e. The molecule has 2 fully saturated rings. The molecular formula is C16H22N2O2. The van der Waals surface area contributed by atoms with E-state index in [4.69, 9.17) is 10.5 Å². The van der Waals surface area contributed by atoms with Gasteiger partial charge in [0.25, 0.3) is 0 Å². The van der Waals surface area contributed by atoms with E-state index in [1.54, 1.807) is 0 Å². The van der Waals surface area contributed by atoms with Gasteiger partial charge in [0.1, 0.15) is 0 Å². The number of fused-ring (bicyclic) bond motifs is 2. The number of nitrogen functional groups attached to an aromatic ring is 1. The highest BCUT2D eigenvalue weighted by Crippen LogP contribution is 2.47. The number of rotatable bonds is 2. The molecule has 3 rings (SSSR count). The first-order chi connectivity index (χ1) is 9.56. The molecule has 108 valence electrons. The summed E-state index contributed by atoms with van der Waals surface area (Å²) in [6.45, 7) is 0. The van der Waals surface area contributed by atoms with Crippen molar-refractivity contribution in [3.8, 4) is 0 Å². The van der Waals surface area contributed by atoms with Gasteiger partial charge in [0, 0.05) is 17.8 Å². The predicted molar refractivity (Wildman–Crippen MR) is 78.4 cm³/mol. The first-order valence-electron chi connectivity index (χ1n) is 7.23. The third-order valence-corrected chi connectivity index (χ3v) is 5.19. The van der Waals surface area contributed by atoms with Gasteiger partial charge in [-0.1, -0.05) is 12.1 Å². The Morgan fingerprint density at radius 2 is 1.80 bits per heavy atom. The summed E-state index contributed by atoms with van der Waals surface area (Å²) in [7, 11) is 3.66. The van der Waals surface area contributed by atoms with Crippen molar-refractivity contribution in [2.24, 2.45) is 0 Å². The number of ether oxygens (including phenoxy) is 1. The zero-order valence-electron chi connectivity index (χ0n) is 12.1. The molecule has 2 heterocycles. The molecule has 2 unspecified atom stereocenters. The Bertz CT molecular complexity index is 498. The van der Waals surface area contributed by atoms with Crippen molar-refractivity contribution >= 4 is 11.7 Å². The second-order valence-electron chi connectivity index (χ2n) is 6.15. The highest BCUT2D eigenvalue weighted by Gasteiger charge is 2.52. The maximum absolute atomic E-state index is 12.5. The number of carbonyl (C=O) groups is 1. The average molecular weight is 274 g/mol. The molecule has 0 amide bonds. The van der Waals surface area contributed by atoms with E-state index in [-0.39, 0.29) is 5.97 Å². The maximum Gasteiger partial charge on any atom is 0.316 e. The van der Waals surface area contributed by atoms with Crippen LogP contribution in [0.15, 0.2) is 24.3 Å². The van der Waals surface area contributed by atoms with E-state index in [2.05, 4.69) is 11.9 Å². The number of anilines is 1. The molecule has 0 radical (unpaired) electrons. The molecule has 0 saturated carbocycles. The van der Waals surface area contributed by atoms with Crippen LogP contribution in [-0.2, 0) is 14.9 Å². The quantitative estimate of drug-likeness (QED) is 0.661. The van der Waals surface area contributed by atoms with Crippen LogP contribution in [0, 0.1) is 0 Å². The summed E-state index contributed by atoms with van der Waals surface area (Å²) in [5, 5.41) is 0. The molecule has 2 N–H and O–H groups in total. The molecule has 0 aromatic heterocycles. The van der Waals surface area contributed by atoms with Gasteiger partial charge in [0.2, 0.25) is 0 Å². The molecule has 0 aliphatic carbocycles. The van der Waals surface area contributed by atoms with Crippen LogP contribution < -0.4 is 5.73 Å². The second kappa shape index (κ2) is 4.77. The van der Waals surface area contributed by atoms with E-state index in [1.165, 1.54) is 20.0 Å². The van der Waals surface area contributed by atoms with Gasteiger partial charge in [-0.15, -0.1) is 0 Å². The van der Waals surface area contributed by atoms with Gasteiger partial charge < -0.3 is 15.4 Å². The molecule has 1 aromatic rings. The van der Waals surface area contributed by atoms with Crippen molar-refractivity contribution in [3.05, 3.63) is 29.8 Å². The van der Waals surface area contributed by atoms with Gasteiger partial charge in [-0.25, -0.2) is 0 Å². The SMILES string of the molecule is COC(=O)C1(c2ccc(N)cc2)CC2CCC(C1)N2C. The lowest BCUT2D eigenvalue weighted by Crippen LogP contribution is -2.51. The van der Waals surface area contributed by atoms with Gasteiger partial charge in [-0.05, 0) is 50.4 Å². The fourth-order valence-electron chi connectivity index (χ4n) is 3.99. The van der Waals surface area contributed by atoms with Crippen LogP contribution in [0.25, 0.3) is 0 Å². The fraction of sp³-hybridized carbons (Fsp3) is 0.562. The summed E-state index contributed by atoms with van der Waals surface area (Å²) in [5.41, 5.74) is 7.04. The Kier molecular flexibility index (Phi) is 3.21. The number of piperidine rings is 1. The lowest BCUT2D eigenvalue weighted by atomic mass is 9.70. The van der Waals surface area contributed by atoms with E-state index >= 15 is 0 Å². The van der Waals surface area contributed by atoms with Gasteiger partial charge >= 0.3 is 5.97 Å². The van der Waals surface area contributed by atoms with Crippen molar-refractivity contribution in [3.63, 3.8) is 0 Å². The third-order valence-electron chi connectivity index (χ3n) is 5.19. The molecule has 2 aliphatic heterocycles. The van der Waals surface area contributed by atoms with E-state index in [1.807, 2.05) is 24.3 Å². The van der Waals surface area contributed by atoms with Crippen molar-refractivity contribution < 1.29 is 9.53 Å². The van der Waals surface area contributed by atoms with Gasteiger partial charge in [-0.2, -0.15) is 0 Å². The van der Waals surface area contributed by atoms with E-state index < -0.39 is 5.41 Å². The number of esters is 1. The number of carbonyl (C=O) groups excluding carboxylic acids is 1. The minimum atomic E-state index is -0.499. The van der Waals surface area contributed by atoms with Gasteiger partial charge in [0.15, 0.2) is 0 Å². The standard InChI is InChI=1S/C16H22N2O2/c1-18-13-7-8-14(18)10-16(9-13,15(19)20-2)11-3-5-12(17)6-4-11/h3-6,13-14H,7-10,17H2,1-2H3. The van der Waals surface area contributed by atoms with Crippen molar-refractivity contribution in [1.29, 1.82) is 0 Å². The molecular weight excluding hydrogens is 252 g/mol. The van der Waals surface area contributed by atoms with Crippen molar-refractivity contribution in [2.75, 3.05) is 19.9 Å². The van der Waals surface area contributed by atoms with Crippen LogP contribution >= 0.6 is 0 Å². The highest BCUT2D eigenvalue weighted by molar-refractivity contribution is 5.83. The third kappa shape index (κ3) is 1.90. The van der Waals surface area contributed by atoms with Gasteiger partial charge in [-0.3, -0.25) is 4.79 Å². The largest absolute Gasteiger partial charge is 0.468 e. The molecule has 1 aromatic carbocycles. The second-order valence-corrected chi connectivity index (χ2v) is 6.15. The Labute approximate surface area is 119 Å². The zero-order chi connectivity index (χ0) is 14.3. The van der Waals surface area contributed by atoms with Crippen molar-refractivity contribution in [1.82, 2.24) is 4.90 Å². The van der Waals surface area contributed by atoms with Gasteiger partial charge in [0.05, 0.1) is 12.5 Å². The average Bonchev–Trinajstić information content (AvgIpc) is 2.68. The first-order valence-corrected chi connectivity index (χ1v) is 7.23. The number of methoxy groups -OCH3 is 1. The summed E-state index contributed by atoms with van der Waals surface area (Å²) in [6.07, 6.45) is 4.04. The van der Waals surface area contributed by atoms with Crippen LogP contribution in [-0.4, -0.2) is 37.1 Å². The maximum atomic E-state index is 12.5. The predicted octanol–water partition coefficient (Wildman–Crippen LogP) is 1.94. The minimum absolute atomic E-state index is 0.104. The Hall–Kier alpha value is -1.55. The highest BCUT2D eigenvalue weighted by atomic mass is 16.5. The molecule has 2 saturated heterocycles. The normalized spacial score (nSPS) is 33.1. The number of nitrogens with zero attached hydrogens (tertiary/aromatic N) is 1. The Morgan fingerprint density at radius 3 is 2.30 bits per heavy atom. The number of nitrogens with two attached hydrogens (primary N) is 1. The lowest BCUT2D eigenvalue weighted by Gasteiger charge is -2.43. The number of hydrogen-bond donors (Lipinski definition) is 1. The lowest BCUT2D eigenvalue weighted by molar-refractivity contribution is -0.150. The zero-order valence-corrected chi connectivity index (χ0v) is 12.1. The van der Waals surface area contributed by atoms with E-state index in [0.29, 0.717) is 12.1 Å². The summed E-state index contributed by atoms with van der Waals surface area (Å²) < 4.78 is 5.15. The van der Waals surface area contributed by atoms with Crippen LogP contribution in [0.3, 0.4) is 0 Å². The molecule has 2 atom stereocenters. The molecule has 20 heavy (non-hydrogen) atoms. The summed E-state index contributed by atoms with van der Waals surface area (Å²) in [6, 6.07) is 8.67. The first kappa shape index (κ1) is 13.4. The summed E-state index contributed by atoms with van der Waals surface area (Å²) in [4.78, 5) is 15.0. The van der Waals surface area contributed by atoms with Crippen LogP contribution in [0.5, 0.6) is 0 Å². The van der Waals surface area contributed by atoms with Crippen LogP contribution in [0.4, 0.5) is 5.69 Å². The monoisotopic (exact) mass is 274 g/mol. The summed E-state index contributed by atoms with van der Waals surface area (Å²) >= 11 is 0. The number of benzene rings is 1. The Morgan fingerprint density at radius 1 is 1.25 bits per heavy atom. The fourth-order valence-corrected chi connectivity index (χ4v) is 3.99. The van der Waals surface area contributed by atoms with Crippen LogP contribution in [0.1, 0.15) is 31.2 Å². The van der Waals surface area contributed by atoms with E-state index in [9.17, 15) is 4.79 Å². The Balaban J connectivity index is 2.02. The molecule has 4 heteroatoms. The van der Waals surface area contributed by atoms with Crippen molar-refractivity contribution in [2.45, 2.75) is 43.2 Å². The molecule has 4 nitrogen and oxygen atoms in total.